The zero-order valence-electron chi connectivity index (χ0n) is 13.7. The summed E-state index contributed by atoms with van der Waals surface area (Å²) in [6.45, 7) is 0.480. The van der Waals surface area contributed by atoms with Gasteiger partial charge in [-0.3, -0.25) is 4.79 Å². The molecular formula is C21H18FNO2. The highest BCUT2D eigenvalue weighted by atomic mass is 19.1. The van der Waals surface area contributed by atoms with Gasteiger partial charge in [0.25, 0.3) is 0 Å². The molecule has 4 rings (SSSR count). The Balaban J connectivity index is 1.41. The number of benzene rings is 2. The van der Waals surface area contributed by atoms with Crippen molar-refractivity contribution in [1.82, 2.24) is 5.32 Å². The van der Waals surface area contributed by atoms with Crippen LogP contribution in [0.25, 0.3) is 11.1 Å². The molecule has 1 aromatic heterocycles. The molecule has 1 heterocycles. The fourth-order valence-electron chi connectivity index (χ4n) is 3.14. The van der Waals surface area contributed by atoms with Gasteiger partial charge in [0.15, 0.2) is 0 Å². The first-order chi connectivity index (χ1) is 12.2. The molecule has 1 aliphatic carbocycles. The molecule has 1 aliphatic rings. The number of nitrogens with one attached hydrogen (secondary N) is 1. The van der Waals surface area contributed by atoms with E-state index in [1.165, 1.54) is 12.1 Å². The SMILES string of the molecule is O=C(NCc1ccc(-c2ccoc2)cc1)C1(c2ccc(F)cc2)CC1. The minimum Gasteiger partial charge on any atom is -0.472 e. The summed E-state index contributed by atoms with van der Waals surface area (Å²) in [6.07, 6.45) is 4.97. The number of hydrogen-bond donors (Lipinski definition) is 1. The van der Waals surface area contributed by atoms with Gasteiger partial charge in [-0.1, -0.05) is 36.4 Å². The number of rotatable bonds is 5. The van der Waals surface area contributed by atoms with E-state index in [0.29, 0.717) is 6.54 Å². The smallest absolute Gasteiger partial charge is 0.230 e. The van der Waals surface area contributed by atoms with Crippen molar-refractivity contribution in [2.75, 3.05) is 0 Å². The van der Waals surface area contributed by atoms with Gasteiger partial charge in [0.05, 0.1) is 17.9 Å². The predicted molar refractivity (Wildman–Crippen MR) is 93.3 cm³/mol. The minimum atomic E-state index is -0.482. The van der Waals surface area contributed by atoms with Gasteiger partial charge < -0.3 is 9.73 Å². The molecule has 0 atom stereocenters. The molecule has 25 heavy (non-hydrogen) atoms. The van der Waals surface area contributed by atoms with E-state index in [2.05, 4.69) is 5.32 Å². The van der Waals surface area contributed by atoms with Crippen LogP contribution in [0.4, 0.5) is 4.39 Å². The molecule has 2 aromatic carbocycles. The summed E-state index contributed by atoms with van der Waals surface area (Å²) in [5.41, 5.74) is 3.56. The van der Waals surface area contributed by atoms with Crippen LogP contribution >= 0.6 is 0 Å². The molecule has 0 bridgehead atoms. The lowest BCUT2D eigenvalue weighted by Gasteiger charge is -2.16. The van der Waals surface area contributed by atoms with Crippen molar-refractivity contribution >= 4 is 5.91 Å². The van der Waals surface area contributed by atoms with Crippen LogP contribution in [0.1, 0.15) is 24.0 Å². The summed E-state index contributed by atoms with van der Waals surface area (Å²) in [6, 6.07) is 16.2. The maximum absolute atomic E-state index is 13.1. The summed E-state index contributed by atoms with van der Waals surface area (Å²) in [7, 11) is 0. The van der Waals surface area contributed by atoms with Crippen molar-refractivity contribution in [1.29, 1.82) is 0 Å². The molecule has 126 valence electrons. The normalized spacial score (nSPS) is 14.9. The Morgan fingerprint density at radius 2 is 1.72 bits per heavy atom. The Hall–Kier alpha value is -2.88. The van der Waals surface area contributed by atoms with Gasteiger partial charge in [0.2, 0.25) is 5.91 Å². The van der Waals surface area contributed by atoms with E-state index in [9.17, 15) is 9.18 Å². The third kappa shape index (κ3) is 3.07. The lowest BCUT2D eigenvalue weighted by molar-refractivity contribution is -0.123. The Morgan fingerprint density at radius 1 is 1.00 bits per heavy atom. The Bertz CT molecular complexity index is 863. The van der Waals surface area contributed by atoms with E-state index in [0.717, 1.165) is 35.1 Å². The highest BCUT2D eigenvalue weighted by Crippen LogP contribution is 2.48. The molecule has 0 saturated heterocycles. The van der Waals surface area contributed by atoms with Gasteiger partial charge in [-0.25, -0.2) is 4.39 Å². The molecule has 1 amide bonds. The molecule has 3 nitrogen and oxygen atoms in total. The average molecular weight is 335 g/mol. The summed E-state index contributed by atoms with van der Waals surface area (Å²) in [5, 5.41) is 3.02. The van der Waals surface area contributed by atoms with Crippen LogP contribution in [0, 0.1) is 5.82 Å². The highest BCUT2D eigenvalue weighted by Gasteiger charge is 2.51. The second-order valence-corrected chi connectivity index (χ2v) is 6.48. The topological polar surface area (TPSA) is 42.2 Å². The van der Waals surface area contributed by atoms with Gasteiger partial charge in [-0.15, -0.1) is 0 Å². The third-order valence-corrected chi connectivity index (χ3v) is 4.84. The van der Waals surface area contributed by atoms with Crippen LogP contribution in [-0.2, 0) is 16.8 Å². The van der Waals surface area contributed by atoms with Crippen LogP contribution in [0.3, 0.4) is 0 Å². The molecule has 0 radical (unpaired) electrons. The lowest BCUT2D eigenvalue weighted by Crippen LogP contribution is -2.34. The van der Waals surface area contributed by atoms with Crippen molar-refractivity contribution in [2.24, 2.45) is 0 Å². The van der Waals surface area contributed by atoms with Crippen molar-refractivity contribution in [3.05, 3.63) is 84.1 Å². The van der Waals surface area contributed by atoms with Gasteiger partial charge in [0, 0.05) is 12.1 Å². The molecule has 1 saturated carbocycles. The molecular weight excluding hydrogens is 317 g/mol. The fourth-order valence-corrected chi connectivity index (χ4v) is 3.14. The first kappa shape index (κ1) is 15.6. The monoisotopic (exact) mass is 335 g/mol. The van der Waals surface area contributed by atoms with Gasteiger partial charge >= 0.3 is 0 Å². The minimum absolute atomic E-state index is 0.0121. The Labute approximate surface area is 145 Å². The quantitative estimate of drug-likeness (QED) is 0.749. The van der Waals surface area contributed by atoms with Crippen molar-refractivity contribution in [3.63, 3.8) is 0 Å². The fraction of sp³-hybridized carbons (Fsp3) is 0.190. The van der Waals surface area contributed by atoms with Crippen molar-refractivity contribution in [2.45, 2.75) is 24.8 Å². The molecule has 0 unspecified atom stereocenters. The van der Waals surface area contributed by atoms with E-state index in [1.54, 1.807) is 24.7 Å². The Morgan fingerprint density at radius 3 is 2.32 bits per heavy atom. The van der Waals surface area contributed by atoms with Crippen molar-refractivity contribution in [3.8, 4) is 11.1 Å². The zero-order valence-corrected chi connectivity index (χ0v) is 13.7. The molecule has 3 aromatic rings. The molecule has 0 aliphatic heterocycles. The number of carbonyl (C=O) groups is 1. The highest BCUT2D eigenvalue weighted by molar-refractivity contribution is 5.91. The van der Waals surface area contributed by atoms with Crippen LogP contribution < -0.4 is 5.32 Å². The van der Waals surface area contributed by atoms with Gasteiger partial charge in [-0.05, 0) is 47.7 Å². The van der Waals surface area contributed by atoms with Crippen molar-refractivity contribution < 1.29 is 13.6 Å². The number of carbonyl (C=O) groups excluding carboxylic acids is 1. The van der Waals surface area contributed by atoms with Crippen LogP contribution in [0.15, 0.2) is 71.5 Å². The molecule has 0 spiro atoms. The van der Waals surface area contributed by atoms with Gasteiger partial charge in [-0.2, -0.15) is 0 Å². The van der Waals surface area contributed by atoms with Crippen LogP contribution in [0.2, 0.25) is 0 Å². The van der Waals surface area contributed by atoms with E-state index in [-0.39, 0.29) is 11.7 Å². The van der Waals surface area contributed by atoms with Crippen LogP contribution in [-0.4, -0.2) is 5.91 Å². The molecule has 4 heteroatoms. The number of amides is 1. The largest absolute Gasteiger partial charge is 0.472 e. The summed E-state index contributed by atoms with van der Waals surface area (Å²) >= 11 is 0. The Kier molecular flexibility index (Phi) is 3.88. The van der Waals surface area contributed by atoms with Gasteiger partial charge in [0.1, 0.15) is 5.82 Å². The number of halogens is 1. The molecule has 1 N–H and O–H groups in total. The first-order valence-corrected chi connectivity index (χ1v) is 8.33. The van der Waals surface area contributed by atoms with E-state index < -0.39 is 5.41 Å². The first-order valence-electron chi connectivity index (χ1n) is 8.33. The maximum atomic E-state index is 13.1. The lowest BCUT2D eigenvalue weighted by atomic mass is 9.95. The number of hydrogen-bond acceptors (Lipinski definition) is 2. The summed E-state index contributed by atoms with van der Waals surface area (Å²) in [5.74, 6) is -0.268. The average Bonchev–Trinajstić information content (AvgIpc) is 3.27. The maximum Gasteiger partial charge on any atom is 0.230 e. The number of furan rings is 1. The van der Waals surface area contributed by atoms with E-state index in [1.807, 2.05) is 30.3 Å². The van der Waals surface area contributed by atoms with Crippen LogP contribution in [0.5, 0.6) is 0 Å². The summed E-state index contributed by atoms with van der Waals surface area (Å²) in [4.78, 5) is 12.6. The second kappa shape index (κ2) is 6.20. The summed E-state index contributed by atoms with van der Waals surface area (Å²) < 4.78 is 18.2. The standard InChI is InChI=1S/C21H18FNO2/c22-19-7-5-18(6-8-19)21(10-11-21)20(24)23-13-15-1-3-16(4-2-15)17-9-12-25-14-17/h1-9,12,14H,10-11,13H2,(H,23,24). The zero-order chi connectivity index (χ0) is 17.3. The molecule has 1 fully saturated rings. The predicted octanol–water partition coefficient (Wildman–Crippen LogP) is 4.43. The third-order valence-electron chi connectivity index (χ3n) is 4.84. The van der Waals surface area contributed by atoms with E-state index in [4.69, 9.17) is 4.42 Å². The van der Waals surface area contributed by atoms with E-state index >= 15 is 0 Å². The second-order valence-electron chi connectivity index (χ2n) is 6.48.